The Bertz CT molecular complexity index is 1180. The van der Waals surface area contributed by atoms with E-state index >= 15 is 0 Å². The molecule has 0 bridgehead atoms. The summed E-state index contributed by atoms with van der Waals surface area (Å²) < 4.78 is 16.2. The van der Waals surface area contributed by atoms with Gasteiger partial charge in [-0.05, 0) is 68.5 Å². The molecule has 2 aliphatic rings. The van der Waals surface area contributed by atoms with E-state index < -0.39 is 17.8 Å². The lowest BCUT2D eigenvalue weighted by Gasteiger charge is -2.38. The van der Waals surface area contributed by atoms with Crippen molar-refractivity contribution in [1.82, 2.24) is 0 Å². The second kappa shape index (κ2) is 10.3. The van der Waals surface area contributed by atoms with E-state index in [1.807, 2.05) is 31.2 Å². The molecule has 0 amide bonds. The third-order valence-corrected chi connectivity index (χ3v) is 6.68. The fraction of sp³-hybridized carbons (Fsp3) is 0.393. The van der Waals surface area contributed by atoms with Crippen molar-refractivity contribution in [2.75, 3.05) is 20.3 Å². The van der Waals surface area contributed by atoms with Gasteiger partial charge in [-0.15, -0.1) is 0 Å². The first-order chi connectivity index (χ1) is 16.9. The Hall–Kier alpha value is -3.61. The molecule has 3 atom stereocenters. The number of methoxy groups -OCH3 is 1. The van der Waals surface area contributed by atoms with Crippen LogP contribution in [0.1, 0.15) is 56.6 Å². The number of ketones is 1. The number of benzene rings is 2. The number of carbonyl (C=O) groups excluding carboxylic acids is 2. The van der Waals surface area contributed by atoms with Gasteiger partial charge in [0.1, 0.15) is 11.5 Å². The zero-order valence-corrected chi connectivity index (χ0v) is 20.5. The first-order valence-corrected chi connectivity index (χ1v) is 12.0. The SMILES string of the molecule is CCOC(=O)C1=C(C)N=C2C[C@H](c3ccc(OC)cc3)CC(=O)C2[C@H]1c1ccc(O)c(OCC)c1. The molecule has 0 spiro atoms. The molecular weight excluding hydrogens is 446 g/mol. The topological polar surface area (TPSA) is 94.4 Å². The number of rotatable bonds is 7. The van der Waals surface area contributed by atoms with E-state index in [0.717, 1.165) is 17.0 Å². The lowest BCUT2D eigenvalue weighted by atomic mass is 9.66. The molecular formula is C28H31NO6. The Morgan fingerprint density at radius 3 is 2.40 bits per heavy atom. The normalized spacial score (nSPS) is 21.8. The smallest absolute Gasteiger partial charge is 0.336 e. The average Bonchev–Trinajstić information content (AvgIpc) is 2.84. The lowest BCUT2D eigenvalue weighted by Crippen LogP contribution is -2.41. The predicted molar refractivity (Wildman–Crippen MR) is 132 cm³/mol. The Morgan fingerprint density at radius 1 is 1.03 bits per heavy atom. The molecule has 7 nitrogen and oxygen atoms in total. The molecule has 0 radical (unpaired) electrons. The molecule has 1 aliphatic carbocycles. The van der Waals surface area contributed by atoms with E-state index in [9.17, 15) is 14.7 Å². The van der Waals surface area contributed by atoms with Gasteiger partial charge >= 0.3 is 5.97 Å². The maximum absolute atomic E-state index is 13.7. The molecule has 35 heavy (non-hydrogen) atoms. The molecule has 2 aromatic carbocycles. The maximum Gasteiger partial charge on any atom is 0.336 e. The summed E-state index contributed by atoms with van der Waals surface area (Å²) in [6, 6.07) is 12.7. The minimum absolute atomic E-state index is 0.000182. The number of aliphatic imine (C=N–C) groups is 1. The molecule has 1 saturated carbocycles. The quantitative estimate of drug-likeness (QED) is 0.568. The fourth-order valence-corrected chi connectivity index (χ4v) is 5.12. The van der Waals surface area contributed by atoms with Gasteiger partial charge in [-0.3, -0.25) is 9.79 Å². The Labute approximate surface area is 205 Å². The average molecular weight is 478 g/mol. The summed E-state index contributed by atoms with van der Waals surface area (Å²) in [5, 5.41) is 10.2. The van der Waals surface area contributed by atoms with Crippen LogP contribution in [0.3, 0.4) is 0 Å². The van der Waals surface area contributed by atoms with Crippen LogP contribution < -0.4 is 9.47 Å². The molecule has 1 N–H and O–H groups in total. The number of aromatic hydroxyl groups is 1. The highest BCUT2D eigenvalue weighted by Crippen LogP contribution is 2.47. The predicted octanol–water partition coefficient (Wildman–Crippen LogP) is 4.94. The number of esters is 1. The van der Waals surface area contributed by atoms with Gasteiger partial charge in [-0.25, -0.2) is 4.79 Å². The number of phenols is 1. The summed E-state index contributed by atoms with van der Waals surface area (Å²) in [4.78, 5) is 31.5. The van der Waals surface area contributed by atoms with Gasteiger partial charge in [0.2, 0.25) is 0 Å². The van der Waals surface area contributed by atoms with Crippen LogP contribution in [-0.2, 0) is 14.3 Å². The Morgan fingerprint density at radius 2 is 1.74 bits per heavy atom. The van der Waals surface area contributed by atoms with E-state index in [2.05, 4.69) is 0 Å². The summed E-state index contributed by atoms with van der Waals surface area (Å²) in [6.45, 7) is 5.96. The molecule has 0 aromatic heterocycles. The van der Waals surface area contributed by atoms with Crippen molar-refractivity contribution in [3.8, 4) is 17.2 Å². The molecule has 184 valence electrons. The van der Waals surface area contributed by atoms with Crippen LogP contribution >= 0.6 is 0 Å². The number of hydrogen-bond donors (Lipinski definition) is 1. The van der Waals surface area contributed by atoms with E-state index in [1.165, 1.54) is 6.07 Å². The van der Waals surface area contributed by atoms with Crippen LogP contribution in [0.5, 0.6) is 17.2 Å². The van der Waals surface area contributed by atoms with E-state index in [0.29, 0.717) is 42.0 Å². The van der Waals surface area contributed by atoms with Crippen LogP contribution in [0.25, 0.3) is 0 Å². The highest BCUT2D eigenvalue weighted by molar-refractivity contribution is 6.12. The second-order valence-corrected chi connectivity index (χ2v) is 8.78. The molecule has 1 fully saturated rings. The van der Waals surface area contributed by atoms with E-state index in [1.54, 1.807) is 33.1 Å². The van der Waals surface area contributed by atoms with Crippen molar-refractivity contribution >= 4 is 17.5 Å². The summed E-state index contributed by atoms with van der Waals surface area (Å²) in [6.07, 6.45) is 0.959. The van der Waals surface area contributed by atoms with Gasteiger partial charge in [-0.1, -0.05) is 18.2 Å². The number of ether oxygens (including phenoxy) is 3. The molecule has 4 rings (SSSR count). The van der Waals surface area contributed by atoms with Gasteiger partial charge in [-0.2, -0.15) is 0 Å². The molecule has 1 unspecified atom stereocenters. The van der Waals surface area contributed by atoms with Gasteiger partial charge in [0, 0.05) is 23.7 Å². The Kier molecular flexibility index (Phi) is 7.24. The van der Waals surface area contributed by atoms with Crippen molar-refractivity contribution < 1.29 is 28.9 Å². The first kappa shape index (κ1) is 24.5. The summed E-state index contributed by atoms with van der Waals surface area (Å²) in [5.41, 5.74) is 3.46. The van der Waals surface area contributed by atoms with Crippen molar-refractivity contribution in [3.63, 3.8) is 0 Å². The maximum atomic E-state index is 13.7. The summed E-state index contributed by atoms with van der Waals surface area (Å²) in [5.74, 6) is -0.506. The lowest BCUT2D eigenvalue weighted by molar-refractivity contribution is -0.139. The van der Waals surface area contributed by atoms with Gasteiger partial charge < -0.3 is 19.3 Å². The molecule has 2 aromatic rings. The fourth-order valence-electron chi connectivity index (χ4n) is 5.12. The van der Waals surface area contributed by atoms with E-state index in [4.69, 9.17) is 19.2 Å². The zero-order chi connectivity index (χ0) is 25.1. The second-order valence-electron chi connectivity index (χ2n) is 8.78. The van der Waals surface area contributed by atoms with Gasteiger partial charge in [0.15, 0.2) is 11.5 Å². The van der Waals surface area contributed by atoms with Gasteiger partial charge in [0.05, 0.1) is 31.8 Å². The number of phenolic OH excluding ortho intramolecular Hbond substituents is 1. The highest BCUT2D eigenvalue weighted by Gasteiger charge is 2.46. The number of allylic oxidation sites excluding steroid dienone is 1. The van der Waals surface area contributed by atoms with Crippen LogP contribution in [0, 0.1) is 5.92 Å². The number of Topliss-reactive ketones (excluding diaryl/α,β-unsaturated/α-hetero) is 1. The minimum atomic E-state index is -0.577. The third-order valence-electron chi connectivity index (χ3n) is 6.68. The van der Waals surface area contributed by atoms with Crippen molar-refractivity contribution in [3.05, 3.63) is 64.9 Å². The summed E-state index contributed by atoms with van der Waals surface area (Å²) in [7, 11) is 1.62. The highest BCUT2D eigenvalue weighted by atomic mass is 16.5. The van der Waals surface area contributed by atoms with Crippen LogP contribution in [0.15, 0.2) is 58.7 Å². The largest absolute Gasteiger partial charge is 0.504 e. The molecule has 7 heteroatoms. The standard InChI is InChI=1S/C28H31NO6/c1-5-34-24-15-18(9-12-22(24)30)26-25(28(32)35-6-2)16(3)29-21-13-19(14-23(31)27(21)26)17-7-10-20(33-4)11-8-17/h7-12,15,19,26-27,30H,5-6,13-14H2,1-4H3/t19-,26-,27?/m0/s1. The number of fused-ring (bicyclic) bond motifs is 1. The van der Waals surface area contributed by atoms with E-state index in [-0.39, 0.29) is 24.1 Å². The van der Waals surface area contributed by atoms with Crippen molar-refractivity contribution in [1.29, 1.82) is 0 Å². The molecule has 0 saturated heterocycles. The number of nitrogens with zero attached hydrogens (tertiary/aromatic N) is 1. The summed E-state index contributed by atoms with van der Waals surface area (Å²) >= 11 is 0. The van der Waals surface area contributed by atoms with Crippen LogP contribution in [0.2, 0.25) is 0 Å². The van der Waals surface area contributed by atoms with Crippen LogP contribution in [-0.4, -0.2) is 42.9 Å². The zero-order valence-electron chi connectivity index (χ0n) is 20.5. The Balaban J connectivity index is 1.78. The van der Waals surface area contributed by atoms with Gasteiger partial charge in [0.25, 0.3) is 0 Å². The minimum Gasteiger partial charge on any atom is -0.504 e. The monoisotopic (exact) mass is 477 g/mol. The third kappa shape index (κ3) is 4.81. The first-order valence-electron chi connectivity index (χ1n) is 12.0. The molecule has 1 aliphatic heterocycles. The van der Waals surface area contributed by atoms with Crippen LogP contribution in [0.4, 0.5) is 0 Å². The van der Waals surface area contributed by atoms with Crippen molar-refractivity contribution in [2.24, 2.45) is 10.9 Å². The number of carbonyl (C=O) groups is 2. The van der Waals surface area contributed by atoms with Crippen molar-refractivity contribution in [2.45, 2.75) is 45.4 Å². The number of hydrogen-bond acceptors (Lipinski definition) is 7. The molecule has 1 heterocycles.